The number of hydrogen-bond donors (Lipinski definition) is 2. The molecule has 1 aromatic rings. The summed E-state index contributed by atoms with van der Waals surface area (Å²) in [5.74, 6) is 0.210. The van der Waals surface area contributed by atoms with Crippen LogP contribution in [0.4, 0.5) is 5.69 Å². The van der Waals surface area contributed by atoms with E-state index in [1.54, 1.807) is 12.1 Å². The van der Waals surface area contributed by atoms with Crippen molar-refractivity contribution in [1.82, 2.24) is 0 Å². The zero-order chi connectivity index (χ0) is 34.8. The molecule has 1 aromatic carbocycles. The summed E-state index contributed by atoms with van der Waals surface area (Å²) in [6, 6.07) is 7.22. The largest absolute Gasteiger partial charge is 0.524 e. The summed E-state index contributed by atoms with van der Waals surface area (Å²) in [5, 5.41) is 0. The van der Waals surface area contributed by atoms with Gasteiger partial charge in [0.2, 0.25) is 0 Å². The molecule has 0 aliphatic rings. The van der Waals surface area contributed by atoms with Gasteiger partial charge in [-0.25, -0.2) is 4.57 Å². The van der Waals surface area contributed by atoms with Crippen molar-refractivity contribution >= 4 is 13.5 Å². The van der Waals surface area contributed by atoms with Gasteiger partial charge in [0.1, 0.15) is 5.75 Å². The molecule has 0 atom stereocenters. The molecule has 0 aromatic heterocycles. The summed E-state index contributed by atoms with van der Waals surface area (Å²) in [5.41, 5.74) is 1.11. The van der Waals surface area contributed by atoms with Gasteiger partial charge in [-0.05, 0) is 88.5 Å². The third-order valence-electron chi connectivity index (χ3n) is 9.31. The number of unbranched alkanes of at least 4 members (excludes halogenated alkanes) is 24. The van der Waals surface area contributed by atoms with Gasteiger partial charge in [-0.1, -0.05) is 154 Å². The van der Waals surface area contributed by atoms with Crippen LogP contribution in [-0.4, -0.2) is 22.9 Å². The number of rotatable bonds is 35. The molecule has 0 saturated heterocycles. The summed E-state index contributed by atoms with van der Waals surface area (Å²) >= 11 is 0. The van der Waals surface area contributed by atoms with Gasteiger partial charge in [-0.2, -0.15) is 0 Å². The minimum atomic E-state index is -4.54. The Labute approximate surface area is 297 Å². The average Bonchev–Trinajstić information content (AvgIpc) is 3.06. The van der Waals surface area contributed by atoms with E-state index >= 15 is 0 Å². The van der Waals surface area contributed by atoms with Crippen LogP contribution in [0, 0.1) is 0 Å². The zero-order valence-corrected chi connectivity index (χ0v) is 32.3. The molecule has 0 aliphatic carbocycles. The molecule has 48 heavy (non-hydrogen) atoms. The van der Waals surface area contributed by atoms with E-state index in [0.29, 0.717) is 0 Å². The smallest absolute Gasteiger partial charge is 0.404 e. The van der Waals surface area contributed by atoms with Crippen LogP contribution < -0.4 is 9.42 Å². The quantitative estimate of drug-likeness (QED) is 0.0422. The van der Waals surface area contributed by atoms with Crippen molar-refractivity contribution in [3.63, 3.8) is 0 Å². The predicted octanol–water partition coefficient (Wildman–Crippen LogP) is 14.0. The van der Waals surface area contributed by atoms with Crippen molar-refractivity contribution in [3.05, 3.63) is 48.6 Å². The molecule has 0 saturated carbocycles. The van der Waals surface area contributed by atoms with E-state index in [9.17, 15) is 4.57 Å². The first-order valence-corrected chi connectivity index (χ1v) is 21.9. The van der Waals surface area contributed by atoms with Crippen LogP contribution in [0.25, 0.3) is 0 Å². The molecule has 6 heteroatoms. The fraction of sp³-hybridized carbons (Fsp3) is 0.762. The van der Waals surface area contributed by atoms with Crippen LogP contribution >= 0.6 is 7.82 Å². The lowest BCUT2D eigenvalue weighted by Crippen LogP contribution is -2.25. The molecule has 0 amide bonds. The van der Waals surface area contributed by atoms with Gasteiger partial charge in [0.15, 0.2) is 0 Å². The summed E-state index contributed by atoms with van der Waals surface area (Å²) in [4.78, 5) is 20.7. The highest BCUT2D eigenvalue weighted by molar-refractivity contribution is 7.46. The number of nitrogens with zero attached hydrogens (tertiary/aromatic N) is 1. The first kappa shape index (κ1) is 44.5. The van der Waals surface area contributed by atoms with Gasteiger partial charge in [-0.15, -0.1) is 0 Å². The fourth-order valence-corrected chi connectivity index (χ4v) is 6.72. The van der Waals surface area contributed by atoms with Gasteiger partial charge in [0.25, 0.3) is 0 Å². The van der Waals surface area contributed by atoms with Crippen molar-refractivity contribution in [2.24, 2.45) is 0 Å². The number of allylic oxidation sites excluding steroid dienone is 4. The molecule has 0 bridgehead atoms. The minimum Gasteiger partial charge on any atom is -0.404 e. The van der Waals surface area contributed by atoms with Crippen LogP contribution in [-0.2, 0) is 4.57 Å². The minimum absolute atomic E-state index is 0.210. The Hall–Kier alpha value is -1.55. The number of phosphoric ester groups is 1. The van der Waals surface area contributed by atoms with Crippen molar-refractivity contribution in [2.75, 3.05) is 18.0 Å². The van der Waals surface area contributed by atoms with Crippen LogP contribution in [0.3, 0.4) is 0 Å². The van der Waals surface area contributed by atoms with Gasteiger partial charge in [-0.3, -0.25) is 9.79 Å². The van der Waals surface area contributed by atoms with Crippen molar-refractivity contribution in [1.29, 1.82) is 0 Å². The molecule has 0 aliphatic heterocycles. The summed E-state index contributed by atoms with van der Waals surface area (Å²) < 4.78 is 16.0. The molecule has 0 heterocycles. The maximum atomic E-state index is 11.2. The first-order chi connectivity index (χ1) is 23.5. The monoisotopic (exact) mass is 690 g/mol. The molecule has 0 radical (unpaired) electrons. The number of hydrogen-bond acceptors (Lipinski definition) is 3. The van der Waals surface area contributed by atoms with Crippen LogP contribution in [0.5, 0.6) is 5.75 Å². The normalized spacial score (nSPS) is 12.1. The average molecular weight is 690 g/mol. The SMILES string of the molecule is CCCCCCCC/C=C\CCCCCCCCN(CCCCCCCC/C=C\CCCCCCCC)c1ccc(OP(=O)(O)O)cc1. The Morgan fingerprint density at radius 1 is 0.500 bits per heavy atom. The first-order valence-electron chi connectivity index (χ1n) is 20.4. The van der Waals surface area contributed by atoms with E-state index in [2.05, 4.69) is 43.1 Å². The highest BCUT2D eigenvalue weighted by Crippen LogP contribution is 2.38. The Morgan fingerprint density at radius 3 is 1.15 bits per heavy atom. The molecule has 5 nitrogen and oxygen atoms in total. The second kappa shape index (κ2) is 32.6. The molecule has 2 N–H and O–H groups in total. The molecular weight excluding hydrogens is 613 g/mol. The van der Waals surface area contributed by atoms with E-state index < -0.39 is 7.82 Å². The Kier molecular flexibility index (Phi) is 30.2. The topological polar surface area (TPSA) is 70.0 Å². The molecule has 1 rings (SSSR count). The number of benzene rings is 1. The van der Waals surface area contributed by atoms with Gasteiger partial charge < -0.3 is 9.42 Å². The summed E-state index contributed by atoms with van der Waals surface area (Å²) in [6.45, 7) is 6.59. The molecular formula is C42H76NO4P. The molecule has 0 spiro atoms. The third-order valence-corrected chi connectivity index (χ3v) is 9.75. The molecule has 0 fully saturated rings. The lowest BCUT2D eigenvalue weighted by Gasteiger charge is -2.25. The maximum Gasteiger partial charge on any atom is 0.524 e. The van der Waals surface area contributed by atoms with Crippen LogP contribution in [0.2, 0.25) is 0 Å². The van der Waals surface area contributed by atoms with E-state index in [4.69, 9.17) is 14.3 Å². The van der Waals surface area contributed by atoms with E-state index in [1.165, 1.54) is 180 Å². The fourth-order valence-electron chi connectivity index (χ4n) is 6.33. The van der Waals surface area contributed by atoms with Crippen molar-refractivity contribution in [3.8, 4) is 5.75 Å². The Morgan fingerprint density at radius 2 is 0.812 bits per heavy atom. The summed E-state index contributed by atoms with van der Waals surface area (Å²) in [7, 11) is -4.54. The standard InChI is InChI=1S/C42H76NO4P/c1-3-5-7-9-11-13-15-17-19-21-23-25-27-29-31-33-39-43(41-35-37-42(38-36-41)47-48(44,45)46)40-34-32-30-28-26-24-22-20-18-16-14-12-10-8-6-4-2/h17-20,35-38H,3-16,21-34,39-40H2,1-2H3,(H2,44,45,46)/b19-17-,20-18-. The third kappa shape index (κ3) is 29.4. The predicted molar refractivity (Wildman–Crippen MR) is 210 cm³/mol. The molecule has 278 valence electrons. The molecule has 0 unspecified atom stereocenters. The highest BCUT2D eigenvalue weighted by Gasteiger charge is 2.16. The maximum absolute atomic E-state index is 11.2. The van der Waals surface area contributed by atoms with Gasteiger partial charge in [0.05, 0.1) is 0 Å². The zero-order valence-electron chi connectivity index (χ0n) is 31.4. The van der Waals surface area contributed by atoms with E-state index in [-0.39, 0.29) is 5.75 Å². The lowest BCUT2D eigenvalue weighted by atomic mass is 10.1. The summed E-state index contributed by atoms with van der Waals surface area (Å²) in [6.07, 6.45) is 46.3. The number of anilines is 1. The van der Waals surface area contributed by atoms with E-state index in [0.717, 1.165) is 18.8 Å². The second-order valence-corrected chi connectivity index (χ2v) is 15.1. The number of phosphoric acid groups is 1. The second-order valence-electron chi connectivity index (χ2n) is 13.9. The van der Waals surface area contributed by atoms with E-state index in [1.807, 2.05) is 12.1 Å². The van der Waals surface area contributed by atoms with Gasteiger partial charge in [0, 0.05) is 18.8 Å². The van der Waals surface area contributed by atoms with Crippen molar-refractivity contribution in [2.45, 2.75) is 194 Å². The Bertz CT molecular complexity index is 884. The van der Waals surface area contributed by atoms with Crippen molar-refractivity contribution < 1.29 is 18.9 Å². The van der Waals surface area contributed by atoms with Crippen LogP contribution in [0.1, 0.15) is 194 Å². The highest BCUT2D eigenvalue weighted by atomic mass is 31.2. The lowest BCUT2D eigenvalue weighted by molar-refractivity contribution is 0.283. The van der Waals surface area contributed by atoms with Gasteiger partial charge >= 0.3 is 7.82 Å². The Balaban J connectivity index is 2.23. The van der Waals surface area contributed by atoms with Crippen LogP contribution in [0.15, 0.2) is 48.6 Å².